The molecular formula is C22H28O2. The molecule has 1 aromatic carbocycles. The van der Waals surface area contributed by atoms with E-state index < -0.39 is 5.97 Å². The zero-order valence-corrected chi connectivity index (χ0v) is 14.6. The average Bonchev–Trinajstić information content (AvgIpc) is 2.60. The molecule has 1 fully saturated rings. The molecular weight excluding hydrogens is 296 g/mol. The number of aromatic carboxylic acids is 1. The molecule has 1 aliphatic rings. The molecule has 2 heteroatoms. The molecule has 2 nitrogen and oxygen atoms in total. The van der Waals surface area contributed by atoms with Gasteiger partial charge in [0.25, 0.3) is 0 Å². The number of hydrogen-bond acceptors (Lipinski definition) is 1. The highest BCUT2D eigenvalue weighted by molar-refractivity contribution is 5.87. The minimum Gasteiger partial charge on any atom is -0.478 e. The van der Waals surface area contributed by atoms with Crippen molar-refractivity contribution in [2.75, 3.05) is 0 Å². The van der Waals surface area contributed by atoms with E-state index in [9.17, 15) is 4.79 Å². The van der Waals surface area contributed by atoms with Crippen LogP contribution in [0, 0.1) is 23.7 Å². The second-order valence-corrected chi connectivity index (χ2v) is 6.79. The van der Waals surface area contributed by atoms with Crippen molar-refractivity contribution < 1.29 is 9.90 Å². The van der Waals surface area contributed by atoms with Crippen molar-refractivity contribution in [3.63, 3.8) is 0 Å². The molecule has 1 aromatic rings. The lowest BCUT2D eigenvalue weighted by atomic mass is 9.79. The van der Waals surface area contributed by atoms with Crippen molar-refractivity contribution in [3.8, 4) is 11.8 Å². The maximum Gasteiger partial charge on any atom is 0.335 e. The molecule has 0 saturated heterocycles. The molecule has 0 heterocycles. The number of hydrogen-bond donors (Lipinski definition) is 1. The Morgan fingerprint density at radius 2 is 1.88 bits per heavy atom. The average molecular weight is 324 g/mol. The summed E-state index contributed by atoms with van der Waals surface area (Å²) in [6.07, 6.45) is 15.0. The van der Waals surface area contributed by atoms with Crippen LogP contribution in [0.1, 0.15) is 74.2 Å². The number of benzene rings is 1. The maximum absolute atomic E-state index is 10.8. The summed E-state index contributed by atoms with van der Waals surface area (Å²) in [5.74, 6) is 6.85. The molecule has 1 aliphatic carbocycles. The molecule has 0 aromatic heterocycles. The lowest BCUT2D eigenvalue weighted by Crippen LogP contribution is -2.12. The van der Waals surface area contributed by atoms with Gasteiger partial charge in [0.15, 0.2) is 0 Å². The third-order valence-corrected chi connectivity index (χ3v) is 4.91. The van der Waals surface area contributed by atoms with Crippen molar-refractivity contribution >= 4 is 5.97 Å². The topological polar surface area (TPSA) is 37.3 Å². The summed E-state index contributed by atoms with van der Waals surface area (Å²) in [5, 5.41) is 8.87. The van der Waals surface area contributed by atoms with Crippen LogP contribution in [-0.4, -0.2) is 11.1 Å². The summed E-state index contributed by atoms with van der Waals surface area (Å²) in [6.45, 7) is 2.27. The van der Waals surface area contributed by atoms with Crippen LogP contribution < -0.4 is 0 Å². The summed E-state index contributed by atoms with van der Waals surface area (Å²) in [7, 11) is 0. The fourth-order valence-electron chi connectivity index (χ4n) is 3.36. The minimum atomic E-state index is -0.903. The fourth-order valence-corrected chi connectivity index (χ4v) is 3.36. The highest BCUT2D eigenvalue weighted by Crippen LogP contribution is 2.32. The normalized spacial score (nSPS) is 20.5. The summed E-state index contributed by atoms with van der Waals surface area (Å²) < 4.78 is 0. The van der Waals surface area contributed by atoms with Gasteiger partial charge in [-0.05, 0) is 67.9 Å². The lowest BCUT2D eigenvalue weighted by molar-refractivity contribution is 0.0697. The number of carboxylic acid groups (broad SMARTS) is 1. The minimum absolute atomic E-state index is 0.298. The second kappa shape index (κ2) is 9.98. The lowest BCUT2D eigenvalue weighted by Gasteiger charge is -2.26. The molecule has 0 radical (unpaired) electrons. The van der Waals surface area contributed by atoms with E-state index in [0.717, 1.165) is 11.5 Å². The number of rotatable bonds is 6. The summed E-state index contributed by atoms with van der Waals surface area (Å²) >= 11 is 0. The predicted octanol–water partition coefficient (Wildman–Crippen LogP) is 5.68. The van der Waals surface area contributed by atoms with E-state index in [4.69, 9.17) is 5.11 Å². The monoisotopic (exact) mass is 324 g/mol. The van der Waals surface area contributed by atoms with Crippen molar-refractivity contribution in [2.45, 2.75) is 58.3 Å². The molecule has 1 saturated carbocycles. The highest BCUT2D eigenvalue weighted by atomic mass is 16.4. The first-order valence-corrected chi connectivity index (χ1v) is 9.20. The van der Waals surface area contributed by atoms with Crippen LogP contribution in [0.25, 0.3) is 0 Å². The SMILES string of the molecule is CCCCCC1CCC(/C=C/C#Cc2ccc(C(=O)O)cc2)CC1. The van der Waals surface area contributed by atoms with Crippen LogP contribution in [0.2, 0.25) is 0 Å². The molecule has 0 spiro atoms. The van der Waals surface area contributed by atoms with E-state index in [0.29, 0.717) is 11.5 Å². The van der Waals surface area contributed by atoms with Crippen molar-refractivity contribution in [1.29, 1.82) is 0 Å². The molecule has 1 N–H and O–H groups in total. The van der Waals surface area contributed by atoms with Gasteiger partial charge in [-0.15, -0.1) is 0 Å². The van der Waals surface area contributed by atoms with Gasteiger partial charge in [0, 0.05) is 5.56 Å². The van der Waals surface area contributed by atoms with Gasteiger partial charge in [0.2, 0.25) is 0 Å². The van der Waals surface area contributed by atoms with Crippen LogP contribution in [0.4, 0.5) is 0 Å². The Bertz CT molecular complexity index is 593. The molecule has 0 bridgehead atoms. The van der Waals surface area contributed by atoms with Crippen molar-refractivity contribution in [1.82, 2.24) is 0 Å². The Morgan fingerprint density at radius 1 is 1.17 bits per heavy atom. The van der Waals surface area contributed by atoms with E-state index in [1.807, 2.05) is 6.08 Å². The quantitative estimate of drug-likeness (QED) is 0.540. The molecule has 0 atom stereocenters. The largest absolute Gasteiger partial charge is 0.478 e. The van der Waals surface area contributed by atoms with Gasteiger partial charge >= 0.3 is 5.97 Å². The summed E-state index contributed by atoms with van der Waals surface area (Å²) in [5.41, 5.74) is 1.15. The Kier molecular flexibility index (Phi) is 7.62. The zero-order valence-electron chi connectivity index (χ0n) is 14.6. The van der Waals surface area contributed by atoms with Gasteiger partial charge in [-0.25, -0.2) is 4.79 Å². The number of carbonyl (C=O) groups is 1. The van der Waals surface area contributed by atoms with E-state index >= 15 is 0 Å². The third kappa shape index (κ3) is 6.24. The van der Waals surface area contributed by atoms with Gasteiger partial charge < -0.3 is 5.11 Å². The third-order valence-electron chi connectivity index (χ3n) is 4.91. The van der Waals surface area contributed by atoms with Gasteiger partial charge in [-0.1, -0.05) is 50.5 Å². The van der Waals surface area contributed by atoms with Crippen LogP contribution in [0.15, 0.2) is 36.4 Å². The second-order valence-electron chi connectivity index (χ2n) is 6.79. The number of allylic oxidation sites excluding steroid dienone is 2. The van der Waals surface area contributed by atoms with E-state index in [2.05, 4.69) is 24.8 Å². The smallest absolute Gasteiger partial charge is 0.335 e. The van der Waals surface area contributed by atoms with E-state index in [-0.39, 0.29) is 0 Å². The van der Waals surface area contributed by atoms with Crippen LogP contribution in [-0.2, 0) is 0 Å². The standard InChI is InChI=1S/C22H28O2/c1-2-3-4-7-18-10-12-19(13-11-18)8-5-6-9-20-14-16-21(17-15-20)22(23)24/h5,8,14-19H,2-4,7,10-13H2,1H3,(H,23,24)/b8-5+. The fraction of sp³-hybridized carbons (Fsp3) is 0.500. The van der Waals surface area contributed by atoms with E-state index in [1.54, 1.807) is 24.3 Å². The molecule has 0 aliphatic heterocycles. The first kappa shape index (κ1) is 18.3. The van der Waals surface area contributed by atoms with Gasteiger partial charge in [-0.3, -0.25) is 0 Å². The Hall–Kier alpha value is -2.01. The molecule has 0 unspecified atom stereocenters. The molecule has 2 rings (SSSR count). The highest BCUT2D eigenvalue weighted by Gasteiger charge is 2.18. The Morgan fingerprint density at radius 3 is 2.50 bits per heavy atom. The van der Waals surface area contributed by atoms with Crippen molar-refractivity contribution in [3.05, 3.63) is 47.5 Å². The van der Waals surface area contributed by atoms with Gasteiger partial charge in [0.1, 0.15) is 0 Å². The van der Waals surface area contributed by atoms with E-state index in [1.165, 1.54) is 51.4 Å². The maximum atomic E-state index is 10.8. The summed E-state index contributed by atoms with van der Waals surface area (Å²) in [6, 6.07) is 6.70. The number of unbranched alkanes of at least 4 members (excludes halogenated alkanes) is 2. The van der Waals surface area contributed by atoms with Crippen LogP contribution in [0.5, 0.6) is 0 Å². The van der Waals surface area contributed by atoms with Gasteiger partial charge in [-0.2, -0.15) is 0 Å². The van der Waals surface area contributed by atoms with Crippen LogP contribution >= 0.6 is 0 Å². The van der Waals surface area contributed by atoms with Crippen molar-refractivity contribution in [2.24, 2.45) is 11.8 Å². The first-order chi connectivity index (χ1) is 11.7. The summed E-state index contributed by atoms with van der Waals surface area (Å²) in [4.78, 5) is 10.8. The zero-order chi connectivity index (χ0) is 17.2. The Balaban J connectivity index is 1.74. The molecule has 128 valence electrons. The number of carboxylic acids is 1. The Labute approximate surface area is 146 Å². The molecule has 0 amide bonds. The predicted molar refractivity (Wildman–Crippen MR) is 99.0 cm³/mol. The van der Waals surface area contributed by atoms with Gasteiger partial charge in [0.05, 0.1) is 5.56 Å². The first-order valence-electron chi connectivity index (χ1n) is 9.20. The van der Waals surface area contributed by atoms with Crippen LogP contribution in [0.3, 0.4) is 0 Å². The molecule has 24 heavy (non-hydrogen) atoms.